The van der Waals surface area contributed by atoms with E-state index in [2.05, 4.69) is 26.2 Å². The number of nitro groups is 1. The molecule has 18 heavy (non-hydrogen) atoms. The molecule has 2 aromatic rings. The van der Waals surface area contributed by atoms with Gasteiger partial charge in [-0.3, -0.25) is 14.9 Å². The second-order valence-corrected chi connectivity index (χ2v) is 5.35. The number of amides is 1. The summed E-state index contributed by atoms with van der Waals surface area (Å²) in [6, 6.07) is 3.11. The van der Waals surface area contributed by atoms with Crippen molar-refractivity contribution in [2.24, 2.45) is 0 Å². The molecular weight excluding hydrogens is 322 g/mol. The van der Waals surface area contributed by atoms with Crippen LogP contribution >= 0.6 is 27.3 Å². The summed E-state index contributed by atoms with van der Waals surface area (Å²) in [5.41, 5.74) is 0.0522. The SMILES string of the molecule is O=C(NCc1cc(Br)cs1)c1cc([N+](=O)[O-])c[nH]1. The van der Waals surface area contributed by atoms with E-state index in [0.717, 1.165) is 9.35 Å². The van der Waals surface area contributed by atoms with E-state index >= 15 is 0 Å². The second kappa shape index (κ2) is 5.32. The van der Waals surface area contributed by atoms with Crippen LogP contribution in [0.4, 0.5) is 5.69 Å². The Balaban J connectivity index is 1.97. The van der Waals surface area contributed by atoms with Crippen LogP contribution in [0.5, 0.6) is 0 Å². The number of hydrogen-bond donors (Lipinski definition) is 2. The number of H-pyrrole nitrogens is 1. The average molecular weight is 330 g/mol. The number of rotatable bonds is 4. The molecule has 0 saturated heterocycles. The van der Waals surface area contributed by atoms with Gasteiger partial charge in [0.05, 0.1) is 17.7 Å². The molecule has 2 rings (SSSR count). The van der Waals surface area contributed by atoms with Crippen LogP contribution in [0, 0.1) is 10.1 Å². The molecule has 0 spiro atoms. The zero-order valence-corrected chi connectivity index (χ0v) is 11.4. The lowest BCUT2D eigenvalue weighted by atomic mass is 10.3. The van der Waals surface area contributed by atoms with Gasteiger partial charge in [-0.05, 0) is 22.0 Å². The monoisotopic (exact) mass is 329 g/mol. The number of aromatic amines is 1. The lowest BCUT2D eigenvalue weighted by Crippen LogP contribution is -2.22. The maximum Gasteiger partial charge on any atom is 0.287 e. The van der Waals surface area contributed by atoms with Gasteiger partial charge in [-0.25, -0.2) is 0 Å². The minimum absolute atomic E-state index is 0.126. The maximum absolute atomic E-state index is 11.7. The third kappa shape index (κ3) is 2.96. The Hall–Kier alpha value is -1.67. The molecule has 0 aliphatic rings. The largest absolute Gasteiger partial charge is 0.351 e. The zero-order chi connectivity index (χ0) is 13.1. The van der Waals surface area contributed by atoms with E-state index in [9.17, 15) is 14.9 Å². The van der Waals surface area contributed by atoms with Crippen LogP contribution in [0.25, 0.3) is 0 Å². The lowest BCUT2D eigenvalue weighted by molar-refractivity contribution is -0.384. The number of halogens is 1. The summed E-state index contributed by atoms with van der Waals surface area (Å²) in [7, 11) is 0. The highest BCUT2D eigenvalue weighted by atomic mass is 79.9. The van der Waals surface area contributed by atoms with Crippen molar-refractivity contribution in [1.82, 2.24) is 10.3 Å². The van der Waals surface area contributed by atoms with Crippen molar-refractivity contribution in [2.75, 3.05) is 0 Å². The van der Waals surface area contributed by atoms with Gasteiger partial charge in [0.25, 0.3) is 11.6 Å². The molecule has 2 N–H and O–H groups in total. The fourth-order valence-electron chi connectivity index (χ4n) is 1.33. The Morgan fingerprint density at radius 2 is 2.33 bits per heavy atom. The molecule has 8 heteroatoms. The molecule has 0 fully saturated rings. The number of hydrogen-bond acceptors (Lipinski definition) is 4. The van der Waals surface area contributed by atoms with Crippen molar-refractivity contribution in [3.05, 3.63) is 48.9 Å². The van der Waals surface area contributed by atoms with Crippen molar-refractivity contribution >= 4 is 38.9 Å². The molecule has 0 saturated carbocycles. The molecule has 0 atom stereocenters. The van der Waals surface area contributed by atoms with Gasteiger partial charge < -0.3 is 10.3 Å². The van der Waals surface area contributed by atoms with Gasteiger partial charge in [-0.1, -0.05) is 0 Å². The van der Waals surface area contributed by atoms with Gasteiger partial charge in [0.15, 0.2) is 0 Å². The molecule has 94 valence electrons. The predicted molar refractivity (Wildman–Crippen MR) is 70.6 cm³/mol. The van der Waals surface area contributed by atoms with Crippen molar-refractivity contribution in [3.8, 4) is 0 Å². The molecule has 0 unspecified atom stereocenters. The molecule has 0 bridgehead atoms. The summed E-state index contributed by atoms with van der Waals surface area (Å²) in [5.74, 6) is -0.368. The highest BCUT2D eigenvalue weighted by molar-refractivity contribution is 9.10. The first-order valence-electron chi connectivity index (χ1n) is 4.90. The van der Waals surface area contributed by atoms with E-state index in [1.807, 2.05) is 11.4 Å². The summed E-state index contributed by atoms with van der Waals surface area (Å²) < 4.78 is 0.965. The minimum Gasteiger partial charge on any atom is -0.351 e. The van der Waals surface area contributed by atoms with Gasteiger partial charge in [0.2, 0.25) is 0 Å². The lowest BCUT2D eigenvalue weighted by Gasteiger charge is -2.00. The molecule has 1 amide bonds. The summed E-state index contributed by atoms with van der Waals surface area (Å²) in [6.07, 6.45) is 1.19. The van der Waals surface area contributed by atoms with Crippen molar-refractivity contribution in [1.29, 1.82) is 0 Å². The number of thiophene rings is 1. The predicted octanol–water partition coefficient (Wildman–Crippen LogP) is 2.68. The van der Waals surface area contributed by atoms with Crippen molar-refractivity contribution in [2.45, 2.75) is 6.54 Å². The summed E-state index contributed by atoms with van der Waals surface area (Å²) in [5, 5.41) is 15.1. The molecule has 2 aromatic heterocycles. The number of nitrogens with zero attached hydrogens (tertiary/aromatic N) is 1. The quantitative estimate of drug-likeness (QED) is 0.667. The van der Waals surface area contributed by atoms with Crippen LogP contribution in [0.15, 0.2) is 28.2 Å². The van der Waals surface area contributed by atoms with Crippen LogP contribution in [0.2, 0.25) is 0 Å². The zero-order valence-electron chi connectivity index (χ0n) is 8.97. The molecule has 0 aliphatic carbocycles. The van der Waals surface area contributed by atoms with Gasteiger partial charge in [-0.15, -0.1) is 11.3 Å². The van der Waals surface area contributed by atoms with Crippen molar-refractivity contribution in [3.63, 3.8) is 0 Å². The summed E-state index contributed by atoms with van der Waals surface area (Å²) in [4.78, 5) is 25.2. The van der Waals surface area contributed by atoms with Crippen LogP contribution in [-0.4, -0.2) is 15.8 Å². The second-order valence-electron chi connectivity index (χ2n) is 3.44. The third-order valence-corrected chi connectivity index (χ3v) is 3.87. The van der Waals surface area contributed by atoms with E-state index in [-0.39, 0.29) is 17.3 Å². The molecule has 0 radical (unpaired) electrons. The smallest absolute Gasteiger partial charge is 0.287 e. The number of nitrogens with one attached hydrogen (secondary N) is 2. The third-order valence-electron chi connectivity index (χ3n) is 2.17. The average Bonchev–Trinajstić information content (AvgIpc) is 2.94. The highest BCUT2D eigenvalue weighted by Gasteiger charge is 2.14. The standard InChI is InChI=1S/C10H8BrN3O3S/c11-6-1-8(18-5-6)4-13-10(15)9-2-7(3-12-9)14(16)17/h1-3,5,12H,4H2,(H,13,15). The molecule has 6 nitrogen and oxygen atoms in total. The van der Waals surface area contributed by atoms with Crippen LogP contribution in [0.1, 0.15) is 15.4 Å². The summed E-state index contributed by atoms with van der Waals surface area (Å²) >= 11 is 4.84. The van der Waals surface area contributed by atoms with Gasteiger partial charge in [0, 0.05) is 20.8 Å². The first-order chi connectivity index (χ1) is 8.56. The fraction of sp³-hybridized carbons (Fsp3) is 0.100. The molecular formula is C10H8BrN3O3S. The molecule has 0 aliphatic heterocycles. The van der Waals surface area contributed by atoms with Crippen LogP contribution < -0.4 is 5.32 Å². The fourth-order valence-corrected chi connectivity index (χ4v) is 2.72. The number of aromatic nitrogens is 1. The Bertz CT molecular complexity index is 593. The topological polar surface area (TPSA) is 88.0 Å². The molecule has 0 aromatic carbocycles. The normalized spacial score (nSPS) is 10.3. The first kappa shape index (κ1) is 12.8. The van der Waals surface area contributed by atoms with Crippen LogP contribution in [-0.2, 0) is 6.54 Å². The maximum atomic E-state index is 11.7. The van der Waals surface area contributed by atoms with Gasteiger partial charge >= 0.3 is 0 Å². The van der Waals surface area contributed by atoms with Crippen molar-refractivity contribution < 1.29 is 9.72 Å². The molecule has 2 heterocycles. The van der Waals surface area contributed by atoms with E-state index < -0.39 is 4.92 Å². The first-order valence-corrected chi connectivity index (χ1v) is 6.57. The summed E-state index contributed by atoms with van der Waals surface area (Å²) in [6.45, 7) is 0.391. The highest BCUT2D eigenvalue weighted by Crippen LogP contribution is 2.19. The van der Waals surface area contributed by atoms with E-state index in [4.69, 9.17) is 0 Å². The van der Waals surface area contributed by atoms with Crippen LogP contribution in [0.3, 0.4) is 0 Å². The Morgan fingerprint density at radius 1 is 1.56 bits per heavy atom. The number of carbonyl (C=O) groups excluding carboxylic acids is 1. The van der Waals surface area contributed by atoms with Gasteiger partial charge in [0.1, 0.15) is 5.69 Å². The van der Waals surface area contributed by atoms with Gasteiger partial charge in [-0.2, -0.15) is 0 Å². The van der Waals surface area contributed by atoms with E-state index in [1.165, 1.54) is 23.6 Å². The number of carbonyl (C=O) groups is 1. The Labute approximate surface area is 114 Å². The Morgan fingerprint density at radius 3 is 2.89 bits per heavy atom. The van der Waals surface area contributed by atoms with E-state index in [1.54, 1.807) is 0 Å². The van der Waals surface area contributed by atoms with E-state index in [0.29, 0.717) is 6.54 Å². The Kier molecular flexibility index (Phi) is 3.78. The minimum atomic E-state index is -0.552.